The Morgan fingerprint density at radius 3 is 2.11 bits per heavy atom. The molecule has 2 aromatic rings. The Labute approximate surface area is 165 Å². The maximum Gasteiger partial charge on any atom is 0.228 e. The Morgan fingerprint density at radius 2 is 1.48 bits per heavy atom. The Bertz CT molecular complexity index is 761. The van der Waals surface area contributed by atoms with Gasteiger partial charge in [0.1, 0.15) is 0 Å². The van der Waals surface area contributed by atoms with Crippen LogP contribution in [-0.2, 0) is 16.0 Å². The number of amides is 2. The lowest BCUT2D eigenvalue weighted by Gasteiger charge is -2.11. The molecule has 142 valence electrons. The summed E-state index contributed by atoms with van der Waals surface area (Å²) < 4.78 is 0. The van der Waals surface area contributed by atoms with Crippen molar-refractivity contribution in [2.24, 2.45) is 0 Å². The summed E-state index contributed by atoms with van der Waals surface area (Å²) in [5.41, 5.74) is 2.42. The molecule has 0 spiro atoms. The second-order valence-electron chi connectivity index (χ2n) is 6.25. The van der Waals surface area contributed by atoms with Crippen LogP contribution in [0, 0.1) is 0 Å². The number of unbranched alkanes of at least 4 members (excludes halogenated alkanes) is 2. The number of hydrogen-bond acceptors (Lipinski definition) is 3. The Balaban J connectivity index is 1.78. The summed E-state index contributed by atoms with van der Waals surface area (Å²) in [6.07, 6.45) is 3.77. The predicted octanol–water partition coefficient (Wildman–Crippen LogP) is 4.26. The van der Waals surface area contributed by atoms with Crippen LogP contribution >= 0.6 is 12.2 Å². The molecule has 27 heavy (non-hydrogen) atoms. The van der Waals surface area contributed by atoms with Crippen molar-refractivity contribution in [3.63, 3.8) is 0 Å². The first-order valence-corrected chi connectivity index (χ1v) is 9.52. The second kappa shape index (κ2) is 11.1. The van der Waals surface area contributed by atoms with Crippen LogP contribution in [0.15, 0.2) is 54.6 Å². The molecule has 0 aromatic heterocycles. The average Bonchev–Trinajstić information content (AvgIpc) is 2.64. The molecule has 0 heterocycles. The van der Waals surface area contributed by atoms with E-state index in [4.69, 9.17) is 12.2 Å². The van der Waals surface area contributed by atoms with Gasteiger partial charge in [0.25, 0.3) is 0 Å². The zero-order valence-electron chi connectivity index (χ0n) is 15.5. The predicted molar refractivity (Wildman–Crippen MR) is 114 cm³/mol. The van der Waals surface area contributed by atoms with Crippen LogP contribution in [0.1, 0.15) is 38.2 Å². The number of thiocarbonyl (C=S) groups is 1. The van der Waals surface area contributed by atoms with Gasteiger partial charge in [-0.05, 0) is 48.5 Å². The molecule has 0 aliphatic carbocycles. The van der Waals surface area contributed by atoms with E-state index < -0.39 is 0 Å². The summed E-state index contributed by atoms with van der Waals surface area (Å²) >= 11 is 5.15. The number of nitrogens with one attached hydrogen (secondary N) is 3. The first-order chi connectivity index (χ1) is 13.1. The fourth-order valence-corrected chi connectivity index (χ4v) is 2.74. The van der Waals surface area contributed by atoms with E-state index in [0.717, 1.165) is 30.5 Å². The van der Waals surface area contributed by atoms with Crippen LogP contribution < -0.4 is 16.0 Å². The monoisotopic (exact) mass is 383 g/mol. The maximum absolute atomic E-state index is 12.1. The fraction of sp³-hybridized carbons (Fsp3) is 0.286. The van der Waals surface area contributed by atoms with Gasteiger partial charge in [-0.3, -0.25) is 9.59 Å². The highest BCUT2D eigenvalue weighted by Gasteiger charge is 2.06. The van der Waals surface area contributed by atoms with Gasteiger partial charge < -0.3 is 16.0 Å². The van der Waals surface area contributed by atoms with Crippen LogP contribution in [0.25, 0.3) is 0 Å². The minimum absolute atomic E-state index is 0.0724. The highest BCUT2D eigenvalue weighted by atomic mass is 32.1. The molecular formula is C21H25N3O2S. The highest BCUT2D eigenvalue weighted by molar-refractivity contribution is 7.80. The standard InChI is InChI=1S/C21H25N3O2S/c1-2-3-5-10-19(25)24-21(27)23-18-13-11-17(12-14-18)22-20(26)15-16-8-6-4-7-9-16/h4,6-9,11-14H,2-3,5,10,15H2,1H3,(H,22,26)(H2,23,24,25,27). The lowest BCUT2D eigenvalue weighted by molar-refractivity contribution is -0.119. The number of anilines is 2. The van der Waals surface area contributed by atoms with Gasteiger partial charge in [0, 0.05) is 17.8 Å². The topological polar surface area (TPSA) is 70.2 Å². The SMILES string of the molecule is CCCCCC(=O)NC(=S)Nc1ccc(NC(=O)Cc2ccccc2)cc1. The lowest BCUT2D eigenvalue weighted by atomic mass is 10.1. The minimum atomic E-state index is -0.0780. The zero-order valence-corrected chi connectivity index (χ0v) is 16.3. The van der Waals surface area contributed by atoms with E-state index >= 15 is 0 Å². The molecule has 6 heteroatoms. The van der Waals surface area contributed by atoms with Gasteiger partial charge in [-0.1, -0.05) is 50.1 Å². The molecule has 0 bridgehead atoms. The van der Waals surface area contributed by atoms with Gasteiger partial charge in [0.15, 0.2) is 5.11 Å². The van der Waals surface area contributed by atoms with Crippen molar-refractivity contribution in [1.82, 2.24) is 5.32 Å². The van der Waals surface area contributed by atoms with Crippen molar-refractivity contribution < 1.29 is 9.59 Å². The van der Waals surface area contributed by atoms with E-state index in [9.17, 15) is 9.59 Å². The van der Waals surface area contributed by atoms with Crippen LogP contribution in [0.5, 0.6) is 0 Å². The smallest absolute Gasteiger partial charge is 0.228 e. The maximum atomic E-state index is 12.1. The molecule has 2 amide bonds. The fourth-order valence-electron chi connectivity index (χ4n) is 2.51. The molecule has 2 rings (SSSR count). The number of carbonyl (C=O) groups excluding carboxylic acids is 2. The third-order valence-corrected chi connectivity index (χ3v) is 4.10. The zero-order chi connectivity index (χ0) is 19.5. The molecule has 0 atom stereocenters. The van der Waals surface area contributed by atoms with Gasteiger partial charge in [-0.15, -0.1) is 0 Å². The summed E-state index contributed by atoms with van der Waals surface area (Å²) in [7, 11) is 0. The third kappa shape index (κ3) is 8.00. The molecule has 0 unspecified atom stereocenters. The Kier molecular flexibility index (Phi) is 8.45. The number of benzene rings is 2. The van der Waals surface area contributed by atoms with Crippen molar-refractivity contribution in [2.45, 2.75) is 39.0 Å². The quantitative estimate of drug-likeness (QED) is 0.470. The number of hydrogen-bond donors (Lipinski definition) is 3. The molecule has 0 fully saturated rings. The molecule has 0 aliphatic rings. The Morgan fingerprint density at radius 1 is 0.852 bits per heavy atom. The van der Waals surface area contributed by atoms with E-state index in [1.807, 2.05) is 30.3 Å². The molecular weight excluding hydrogens is 358 g/mol. The highest BCUT2D eigenvalue weighted by Crippen LogP contribution is 2.14. The minimum Gasteiger partial charge on any atom is -0.332 e. The molecule has 0 saturated carbocycles. The lowest BCUT2D eigenvalue weighted by Crippen LogP contribution is -2.33. The molecule has 3 N–H and O–H groups in total. The molecule has 2 aromatic carbocycles. The van der Waals surface area contributed by atoms with Gasteiger partial charge in [-0.25, -0.2) is 0 Å². The summed E-state index contributed by atoms with van der Waals surface area (Å²) in [5, 5.41) is 8.78. The first-order valence-electron chi connectivity index (χ1n) is 9.11. The summed E-state index contributed by atoms with van der Waals surface area (Å²) in [5.74, 6) is -0.150. The first kappa shape index (κ1) is 20.6. The van der Waals surface area contributed by atoms with Crippen molar-refractivity contribution in [3.05, 3.63) is 60.2 Å². The van der Waals surface area contributed by atoms with Gasteiger partial charge >= 0.3 is 0 Å². The normalized spacial score (nSPS) is 10.1. The van der Waals surface area contributed by atoms with E-state index in [2.05, 4.69) is 22.9 Å². The summed E-state index contributed by atoms with van der Waals surface area (Å²) in [4.78, 5) is 23.8. The summed E-state index contributed by atoms with van der Waals surface area (Å²) in [6, 6.07) is 16.8. The van der Waals surface area contributed by atoms with Crippen molar-refractivity contribution in [3.8, 4) is 0 Å². The van der Waals surface area contributed by atoms with Crippen LogP contribution in [-0.4, -0.2) is 16.9 Å². The van der Waals surface area contributed by atoms with Gasteiger partial charge in [0.05, 0.1) is 6.42 Å². The summed E-state index contributed by atoms with van der Waals surface area (Å²) in [6.45, 7) is 2.10. The molecule has 0 aliphatic heterocycles. The van der Waals surface area contributed by atoms with E-state index in [0.29, 0.717) is 18.5 Å². The molecule has 5 nitrogen and oxygen atoms in total. The van der Waals surface area contributed by atoms with Crippen molar-refractivity contribution in [2.75, 3.05) is 10.6 Å². The number of carbonyl (C=O) groups is 2. The van der Waals surface area contributed by atoms with Crippen LogP contribution in [0.2, 0.25) is 0 Å². The van der Waals surface area contributed by atoms with E-state index in [-0.39, 0.29) is 16.9 Å². The Hall–Kier alpha value is -2.73. The second-order valence-corrected chi connectivity index (χ2v) is 6.66. The third-order valence-electron chi connectivity index (χ3n) is 3.89. The van der Waals surface area contributed by atoms with E-state index in [1.165, 1.54) is 0 Å². The van der Waals surface area contributed by atoms with Crippen LogP contribution in [0.4, 0.5) is 11.4 Å². The molecule has 0 saturated heterocycles. The number of rotatable bonds is 8. The van der Waals surface area contributed by atoms with Crippen molar-refractivity contribution >= 4 is 40.5 Å². The van der Waals surface area contributed by atoms with Crippen molar-refractivity contribution in [1.29, 1.82) is 0 Å². The largest absolute Gasteiger partial charge is 0.332 e. The molecule has 0 radical (unpaired) electrons. The van der Waals surface area contributed by atoms with E-state index in [1.54, 1.807) is 24.3 Å². The average molecular weight is 384 g/mol. The van der Waals surface area contributed by atoms with Gasteiger partial charge in [-0.2, -0.15) is 0 Å². The van der Waals surface area contributed by atoms with Crippen LogP contribution in [0.3, 0.4) is 0 Å². The van der Waals surface area contributed by atoms with Gasteiger partial charge in [0.2, 0.25) is 11.8 Å².